The van der Waals surface area contributed by atoms with E-state index in [0.717, 1.165) is 24.4 Å². The summed E-state index contributed by atoms with van der Waals surface area (Å²) < 4.78 is 1.82. The van der Waals surface area contributed by atoms with Crippen LogP contribution in [0.5, 0.6) is 0 Å². The molecule has 6 nitrogen and oxygen atoms in total. The van der Waals surface area contributed by atoms with Crippen LogP contribution < -0.4 is 5.32 Å². The Morgan fingerprint density at radius 2 is 2.30 bits per heavy atom. The first-order valence-corrected chi connectivity index (χ1v) is 7.09. The van der Waals surface area contributed by atoms with Crippen molar-refractivity contribution in [3.63, 3.8) is 0 Å². The number of aromatic nitrogens is 3. The summed E-state index contributed by atoms with van der Waals surface area (Å²) in [5.74, 6) is 0.659. The highest BCUT2D eigenvalue weighted by Crippen LogP contribution is 2.26. The van der Waals surface area contributed by atoms with Crippen molar-refractivity contribution in [2.75, 3.05) is 19.6 Å². The second kappa shape index (κ2) is 4.56. The molecule has 2 bridgehead atoms. The van der Waals surface area contributed by atoms with Crippen molar-refractivity contribution >= 4 is 11.4 Å². The van der Waals surface area contributed by atoms with Crippen molar-refractivity contribution in [1.29, 1.82) is 0 Å². The van der Waals surface area contributed by atoms with E-state index in [0.29, 0.717) is 5.69 Å². The Bertz CT molecular complexity index is 640. The molecule has 6 heteroatoms. The predicted molar refractivity (Wildman–Crippen MR) is 73.4 cm³/mol. The molecule has 2 aliphatic rings. The van der Waals surface area contributed by atoms with Gasteiger partial charge in [0.25, 0.3) is 5.91 Å². The van der Waals surface area contributed by atoms with Gasteiger partial charge in [-0.25, -0.2) is 9.97 Å². The van der Waals surface area contributed by atoms with Gasteiger partial charge in [0, 0.05) is 25.3 Å². The molecule has 4 rings (SSSR count). The van der Waals surface area contributed by atoms with Crippen LogP contribution in [0.25, 0.3) is 5.52 Å². The standard InChI is InChI=1S/C14H17N5O/c20-14(13-8-19-9-15-4-12(19)5-16-13)17-11-3-10-1-2-18(6-10)7-11/h4-5,8-11H,1-3,6-7H2,(H,17,20)/t10?,11-/m1/s1. The number of rotatable bonds is 2. The number of amides is 1. The molecule has 2 aliphatic heterocycles. The minimum Gasteiger partial charge on any atom is -0.347 e. The van der Waals surface area contributed by atoms with Gasteiger partial charge in [0.15, 0.2) is 0 Å². The molecule has 2 unspecified atom stereocenters. The lowest BCUT2D eigenvalue weighted by Crippen LogP contribution is -2.47. The van der Waals surface area contributed by atoms with Crippen LogP contribution in [0.3, 0.4) is 0 Å². The van der Waals surface area contributed by atoms with E-state index < -0.39 is 0 Å². The average molecular weight is 271 g/mol. The number of imidazole rings is 1. The SMILES string of the molecule is O=C(N[C@@H]1CC2CCN(C2)C1)c1cn2cncc2cn1. The summed E-state index contributed by atoms with van der Waals surface area (Å²) in [5.41, 5.74) is 1.34. The van der Waals surface area contributed by atoms with Crippen LogP contribution in [0, 0.1) is 5.92 Å². The second-order valence-electron chi connectivity index (χ2n) is 5.82. The van der Waals surface area contributed by atoms with E-state index in [1.165, 1.54) is 19.5 Å². The zero-order chi connectivity index (χ0) is 13.5. The van der Waals surface area contributed by atoms with Crippen molar-refractivity contribution in [2.45, 2.75) is 18.9 Å². The molecular formula is C14H17N5O. The van der Waals surface area contributed by atoms with Gasteiger partial charge in [-0.2, -0.15) is 0 Å². The van der Waals surface area contributed by atoms with Crippen LogP contribution in [0.2, 0.25) is 0 Å². The van der Waals surface area contributed by atoms with Crippen LogP contribution in [0.1, 0.15) is 23.3 Å². The van der Waals surface area contributed by atoms with Crippen LogP contribution in [-0.2, 0) is 0 Å². The molecule has 2 aromatic heterocycles. The summed E-state index contributed by atoms with van der Waals surface area (Å²) in [6, 6.07) is 0.254. The van der Waals surface area contributed by atoms with E-state index in [9.17, 15) is 4.79 Å². The minimum atomic E-state index is -0.0897. The van der Waals surface area contributed by atoms with Gasteiger partial charge in [-0.3, -0.25) is 4.79 Å². The maximum atomic E-state index is 12.3. The zero-order valence-corrected chi connectivity index (χ0v) is 11.2. The topological polar surface area (TPSA) is 62.5 Å². The van der Waals surface area contributed by atoms with Crippen molar-refractivity contribution < 1.29 is 4.79 Å². The Kier molecular flexibility index (Phi) is 2.70. The maximum absolute atomic E-state index is 12.3. The summed E-state index contributed by atoms with van der Waals surface area (Å²) in [6.07, 6.45) is 9.17. The Morgan fingerprint density at radius 3 is 3.20 bits per heavy atom. The molecular weight excluding hydrogens is 254 g/mol. The molecule has 1 amide bonds. The van der Waals surface area contributed by atoms with E-state index in [1.54, 1.807) is 24.9 Å². The summed E-state index contributed by atoms with van der Waals surface area (Å²) in [7, 11) is 0. The lowest BCUT2D eigenvalue weighted by molar-refractivity contribution is 0.0904. The quantitative estimate of drug-likeness (QED) is 0.866. The molecule has 0 aromatic carbocycles. The third-order valence-electron chi connectivity index (χ3n) is 4.33. The summed E-state index contributed by atoms with van der Waals surface area (Å²) in [5, 5.41) is 3.12. The molecule has 2 saturated heterocycles. The Hall–Kier alpha value is -1.95. The smallest absolute Gasteiger partial charge is 0.271 e. The second-order valence-corrected chi connectivity index (χ2v) is 5.82. The first-order valence-electron chi connectivity index (χ1n) is 7.09. The van der Waals surface area contributed by atoms with Gasteiger partial charge < -0.3 is 14.6 Å². The number of hydrogen-bond acceptors (Lipinski definition) is 4. The van der Waals surface area contributed by atoms with Gasteiger partial charge in [0.1, 0.15) is 5.69 Å². The first-order chi connectivity index (χ1) is 9.78. The van der Waals surface area contributed by atoms with E-state index in [2.05, 4.69) is 20.2 Å². The minimum absolute atomic E-state index is 0.0897. The average Bonchev–Trinajstić information content (AvgIpc) is 3.04. The third-order valence-corrected chi connectivity index (χ3v) is 4.33. The number of carbonyl (C=O) groups is 1. The maximum Gasteiger partial charge on any atom is 0.271 e. The molecule has 0 spiro atoms. The van der Waals surface area contributed by atoms with Gasteiger partial charge >= 0.3 is 0 Å². The number of fused-ring (bicyclic) bond motifs is 3. The summed E-state index contributed by atoms with van der Waals surface area (Å²) in [4.78, 5) is 23.0. The predicted octanol–water partition coefficient (Wildman–Crippen LogP) is 0.553. The highest BCUT2D eigenvalue weighted by atomic mass is 16.2. The third kappa shape index (κ3) is 2.06. The van der Waals surface area contributed by atoms with Crippen molar-refractivity contribution in [2.24, 2.45) is 5.92 Å². The molecule has 3 atom stereocenters. The summed E-state index contributed by atoms with van der Waals surface area (Å²) >= 11 is 0. The van der Waals surface area contributed by atoms with Crippen LogP contribution in [-0.4, -0.2) is 50.9 Å². The Balaban J connectivity index is 1.49. The fourth-order valence-electron chi connectivity index (χ4n) is 3.36. The number of piperidine rings is 1. The van der Waals surface area contributed by atoms with Crippen LogP contribution >= 0.6 is 0 Å². The number of hydrogen-bond donors (Lipinski definition) is 1. The normalized spacial score (nSPS) is 28.7. The number of carbonyl (C=O) groups excluding carboxylic acids is 1. The molecule has 0 radical (unpaired) electrons. The van der Waals surface area contributed by atoms with E-state index >= 15 is 0 Å². The largest absolute Gasteiger partial charge is 0.347 e. The highest BCUT2D eigenvalue weighted by Gasteiger charge is 2.33. The molecule has 2 aromatic rings. The Morgan fingerprint density at radius 1 is 1.35 bits per heavy atom. The van der Waals surface area contributed by atoms with Crippen molar-refractivity contribution in [1.82, 2.24) is 24.6 Å². The van der Waals surface area contributed by atoms with Gasteiger partial charge in [0.05, 0.1) is 24.2 Å². The molecule has 2 fully saturated rings. The molecule has 4 heterocycles. The van der Waals surface area contributed by atoms with E-state index in [-0.39, 0.29) is 11.9 Å². The number of nitrogens with one attached hydrogen (secondary N) is 1. The van der Waals surface area contributed by atoms with E-state index in [1.807, 2.05) is 4.40 Å². The lowest BCUT2D eigenvalue weighted by Gasteiger charge is -2.30. The van der Waals surface area contributed by atoms with Gasteiger partial charge in [-0.15, -0.1) is 0 Å². The lowest BCUT2D eigenvalue weighted by atomic mass is 9.97. The van der Waals surface area contributed by atoms with Gasteiger partial charge in [-0.1, -0.05) is 0 Å². The van der Waals surface area contributed by atoms with Crippen molar-refractivity contribution in [3.05, 3.63) is 30.6 Å². The summed E-state index contributed by atoms with van der Waals surface area (Å²) in [6.45, 7) is 3.34. The monoisotopic (exact) mass is 271 g/mol. The van der Waals surface area contributed by atoms with Crippen LogP contribution in [0.15, 0.2) is 24.9 Å². The molecule has 1 N–H and O–H groups in total. The zero-order valence-electron chi connectivity index (χ0n) is 11.2. The molecule has 0 aliphatic carbocycles. The first kappa shape index (κ1) is 11.8. The fourth-order valence-corrected chi connectivity index (χ4v) is 3.36. The Labute approximate surface area is 116 Å². The van der Waals surface area contributed by atoms with Gasteiger partial charge in [0.2, 0.25) is 0 Å². The molecule has 0 saturated carbocycles. The fraction of sp³-hybridized carbons (Fsp3) is 0.500. The molecule has 104 valence electrons. The highest BCUT2D eigenvalue weighted by molar-refractivity contribution is 5.92. The van der Waals surface area contributed by atoms with Crippen molar-refractivity contribution in [3.8, 4) is 0 Å². The number of nitrogens with zero attached hydrogens (tertiary/aromatic N) is 4. The molecule has 20 heavy (non-hydrogen) atoms. The van der Waals surface area contributed by atoms with E-state index in [4.69, 9.17) is 0 Å². The van der Waals surface area contributed by atoms with Crippen LogP contribution in [0.4, 0.5) is 0 Å². The van der Waals surface area contributed by atoms with Gasteiger partial charge in [-0.05, 0) is 25.3 Å².